The lowest BCUT2D eigenvalue weighted by Gasteiger charge is -2.40. The van der Waals surface area contributed by atoms with Gasteiger partial charge in [0.25, 0.3) is 0 Å². The van der Waals surface area contributed by atoms with Crippen molar-refractivity contribution in [3.63, 3.8) is 0 Å². The van der Waals surface area contributed by atoms with Gasteiger partial charge in [-0.25, -0.2) is 0 Å². The predicted octanol–water partition coefficient (Wildman–Crippen LogP) is 2.78. The van der Waals surface area contributed by atoms with E-state index in [0.717, 1.165) is 22.3 Å². The van der Waals surface area contributed by atoms with Crippen molar-refractivity contribution >= 4 is 0 Å². The van der Waals surface area contributed by atoms with Crippen LogP contribution >= 0.6 is 0 Å². The van der Waals surface area contributed by atoms with E-state index in [-0.39, 0.29) is 0 Å². The molecule has 3 aromatic carbocycles. The highest BCUT2D eigenvalue weighted by atomic mass is 16.5. The lowest BCUT2D eigenvalue weighted by Crippen LogP contribution is -2.55. The number of ether oxygens (including phenoxy) is 2. The van der Waals surface area contributed by atoms with E-state index in [1.165, 1.54) is 5.56 Å². The van der Waals surface area contributed by atoms with Crippen molar-refractivity contribution in [3.8, 4) is 16.9 Å². The second-order valence-corrected chi connectivity index (χ2v) is 8.56. The molecule has 5 atom stereocenters. The van der Waals surface area contributed by atoms with Gasteiger partial charge in [-0.3, -0.25) is 0 Å². The fourth-order valence-electron chi connectivity index (χ4n) is 4.27. The molecule has 0 aromatic heterocycles. The van der Waals surface area contributed by atoms with Gasteiger partial charge in [-0.1, -0.05) is 60.2 Å². The van der Waals surface area contributed by atoms with Gasteiger partial charge in [-0.05, 0) is 46.9 Å². The van der Waals surface area contributed by atoms with Gasteiger partial charge < -0.3 is 29.9 Å². The molecule has 6 heteroatoms. The molecule has 0 bridgehead atoms. The maximum atomic E-state index is 10.5. The molecule has 3 aromatic rings. The maximum absolute atomic E-state index is 10.5. The largest absolute Gasteiger partial charge is 0.496 e. The quantitative estimate of drug-likeness (QED) is 0.461. The molecule has 4 N–H and O–H groups in total. The zero-order chi connectivity index (χ0) is 23.5. The van der Waals surface area contributed by atoms with Crippen LogP contribution in [0.2, 0.25) is 0 Å². The summed E-state index contributed by atoms with van der Waals surface area (Å²) < 4.78 is 11.3. The number of hydrogen-bond donors (Lipinski definition) is 4. The van der Waals surface area contributed by atoms with Crippen molar-refractivity contribution < 1.29 is 29.9 Å². The topological polar surface area (TPSA) is 99.4 Å². The summed E-state index contributed by atoms with van der Waals surface area (Å²) in [6.45, 7) is 1.61. The predicted molar refractivity (Wildman–Crippen MR) is 125 cm³/mol. The zero-order valence-electron chi connectivity index (χ0n) is 18.8. The van der Waals surface area contributed by atoms with Crippen LogP contribution in [0, 0.1) is 6.92 Å². The summed E-state index contributed by atoms with van der Waals surface area (Å²) in [5.74, 6) is 0.700. The van der Waals surface area contributed by atoms with E-state index in [2.05, 4.69) is 55.5 Å². The summed E-state index contributed by atoms with van der Waals surface area (Å²) in [7, 11) is 1.60. The Morgan fingerprint density at radius 2 is 1.45 bits per heavy atom. The van der Waals surface area contributed by atoms with E-state index in [9.17, 15) is 20.4 Å². The Kier molecular flexibility index (Phi) is 7.12. The van der Waals surface area contributed by atoms with Crippen molar-refractivity contribution in [2.75, 3.05) is 13.7 Å². The molecule has 1 aliphatic rings. The average molecular weight is 451 g/mol. The highest BCUT2D eigenvalue weighted by Gasteiger charge is 2.44. The maximum Gasteiger partial charge on any atom is 0.122 e. The number of aryl methyl sites for hydroxylation is 1. The lowest BCUT2D eigenvalue weighted by atomic mass is 9.90. The molecule has 174 valence electrons. The Morgan fingerprint density at radius 3 is 2.06 bits per heavy atom. The van der Waals surface area contributed by atoms with Crippen molar-refractivity contribution in [1.29, 1.82) is 0 Å². The highest BCUT2D eigenvalue weighted by Crippen LogP contribution is 2.35. The Morgan fingerprint density at radius 1 is 0.818 bits per heavy atom. The van der Waals surface area contributed by atoms with E-state index in [1.807, 2.05) is 6.07 Å². The van der Waals surface area contributed by atoms with Crippen LogP contribution in [0.25, 0.3) is 11.1 Å². The molecule has 0 radical (unpaired) electrons. The first kappa shape index (κ1) is 23.4. The van der Waals surface area contributed by atoms with E-state index < -0.39 is 37.1 Å². The van der Waals surface area contributed by atoms with Gasteiger partial charge in [0.05, 0.1) is 13.7 Å². The first-order valence-corrected chi connectivity index (χ1v) is 11.0. The lowest BCUT2D eigenvalue weighted by molar-refractivity contribution is -0.231. The molecule has 1 aliphatic heterocycles. The first-order valence-electron chi connectivity index (χ1n) is 11.0. The second kappa shape index (κ2) is 10.0. The normalized spacial score (nSPS) is 25.1. The average Bonchev–Trinajstić information content (AvgIpc) is 2.84. The Bertz CT molecular complexity index is 1060. The van der Waals surface area contributed by atoms with Gasteiger partial charge in [-0.15, -0.1) is 0 Å². The zero-order valence-corrected chi connectivity index (χ0v) is 18.8. The minimum Gasteiger partial charge on any atom is -0.496 e. The van der Waals surface area contributed by atoms with E-state index in [0.29, 0.717) is 17.7 Å². The summed E-state index contributed by atoms with van der Waals surface area (Å²) in [6.07, 6.45) is -5.35. The van der Waals surface area contributed by atoms with Crippen LogP contribution < -0.4 is 4.74 Å². The molecular weight excluding hydrogens is 420 g/mol. The Hall–Kier alpha value is -2.74. The molecule has 0 aliphatic carbocycles. The molecular formula is C27H30O6. The third-order valence-corrected chi connectivity index (χ3v) is 6.26. The molecule has 33 heavy (non-hydrogen) atoms. The summed E-state index contributed by atoms with van der Waals surface area (Å²) in [4.78, 5) is 0. The number of methoxy groups -OCH3 is 1. The van der Waals surface area contributed by atoms with Gasteiger partial charge >= 0.3 is 0 Å². The Balaban J connectivity index is 1.58. The molecule has 1 fully saturated rings. The van der Waals surface area contributed by atoms with Gasteiger partial charge in [0.15, 0.2) is 0 Å². The van der Waals surface area contributed by atoms with Gasteiger partial charge in [0.1, 0.15) is 36.3 Å². The first-order chi connectivity index (χ1) is 15.9. The van der Waals surface area contributed by atoms with Crippen LogP contribution in [0.5, 0.6) is 5.75 Å². The monoisotopic (exact) mass is 450 g/mol. The SMILES string of the molecule is COc1ccc([C@@H]2O[C@H](CO)[C@@H](O)[C@H](O)[C@H]2O)cc1Cc1ccc(-c2ccc(C)cc2)cc1. The third kappa shape index (κ3) is 4.95. The molecule has 1 heterocycles. The number of benzene rings is 3. The fourth-order valence-corrected chi connectivity index (χ4v) is 4.27. The van der Waals surface area contributed by atoms with Crippen LogP contribution in [-0.4, -0.2) is 58.6 Å². The molecule has 0 spiro atoms. The molecule has 4 rings (SSSR count). The van der Waals surface area contributed by atoms with Crippen LogP contribution in [0.1, 0.15) is 28.4 Å². The standard InChI is InChI=1S/C27H30O6/c1-16-3-7-18(8-4-16)19-9-5-17(6-10-19)13-21-14-20(11-12-22(21)32-2)27-26(31)25(30)24(29)23(15-28)33-27/h3-12,14,23-31H,13,15H2,1-2H3/t23-,24-,25+,26-,27+/m1/s1. The minimum absolute atomic E-state index is 0.461. The van der Waals surface area contributed by atoms with Crippen molar-refractivity contribution in [3.05, 3.63) is 89.0 Å². The number of aliphatic hydroxyl groups excluding tert-OH is 4. The number of hydrogen-bond acceptors (Lipinski definition) is 6. The summed E-state index contributed by atoms with van der Waals surface area (Å²) in [6, 6.07) is 22.2. The van der Waals surface area contributed by atoms with Crippen LogP contribution in [0.15, 0.2) is 66.7 Å². The molecule has 1 saturated heterocycles. The van der Waals surface area contributed by atoms with Crippen molar-refractivity contribution in [1.82, 2.24) is 0 Å². The number of aliphatic hydroxyl groups is 4. The van der Waals surface area contributed by atoms with Crippen LogP contribution in [-0.2, 0) is 11.2 Å². The van der Waals surface area contributed by atoms with Crippen molar-refractivity contribution in [2.24, 2.45) is 0 Å². The molecule has 0 unspecified atom stereocenters. The van der Waals surface area contributed by atoms with Gasteiger partial charge in [0, 0.05) is 6.42 Å². The number of rotatable bonds is 6. The molecule has 0 amide bonds. The second-order valence-electron chi connectivity index (χ2n) is 8.56. The Labute approximate surface area is 193 Å². The molecule has 6 nitrogen and oxygen atoms in total. The summed E-state index contributed by atoms with van der Waals surface area (Å²) in [5, 5.41) is 40.2. The fraction of sp³-hybridized carbons (Fsp3) is 0.333. The van der Waals surface area contributed by atoms with Crippen LogP contribution in [0.4, 0.5) is 0 Å². The van der Waals surface area contributed by atoms with E-state index in [1.54, 1.807) is 19.2 Å². The third-order valence-electron chi connectivity index (χ3n) is 6.26. The molecule has 0 saturated carbocycles. The van der Waals surface area contributed by atoms with Crippen LogP contribution in [0.3, 0.4) is 0 Å². The minimum atomic E-state index is -1.42. The smallest absolute Gasteiger partial charge is 0.122 e. The summed E-state index contributed by atoms with van der Waals surface area (Å²) in [5.41, 5.74) is 6.15. The summed E-state index contributed by atoms with van der Waals surface area (Å²) >= 11 is 0. The highest BCUT2D eigenvalue weighted by molar-refractivity contribution is 5.64. The van der Waals surface area contributed by atoms with E-state index >= 15 is 0 Å². The van der Waals surface area contributed by atoms with Crippen molar-refractivity contribution in [2.45, 2.75) is 43.9 Å². The van der Waals surface area contributed by atoms with Gasteiger partial charge in [-0.2, -0.15) is 0 Å². The van der Waals surface area contributed by atoms with E-state index in [4.69, 9.17) is 9.47 Å². The van der Waals surface area contributed by atoms with Gasteiger partial charge in [0.2, 0.25) is 0 Å².